The molecule has 0 rings (SSSR count). The molecule has 8 nitrogen and oxygen atoms in total. The maximum atomic E-state index is 11.2. The smallest absolute Gasteiger partial charge is 0.372 e. The monoisotopic (exact) mass is 348 g/mol. The van der Waals surface area contributed by atoms with Gasteiger partial charge in [-0.25, -0.2) is 4.79 Å². The Balaban J connectivity index is 3.23. The Morgan fingerprint density at radius 2 is 1.29 bits per heavy atom. The summed E-state index contributed by atoms with van der Waals surface area (Å²) in [5.74, 6) is -3.17. The van der Waals surface area contributed by atoms with Crippen LogP contribution in [-0.2, 0) is 33.3 Å². The van der Waals surface area contributed by atoms with E-state index >= 15 is 0 Å². The molecular formula is C16H28O8. The van der Waals surface area contributed by atoms with Gasteiger partial charge < -0.3 is 24.1 Å². The summed E-state index contributed by atoms with van der Waals surface area (Å²) in [5, 5.41) is 8.35. The Labute approximate surface area is 142 Å². The van der Waals surface area contributed by atoms with E-state index in [1.54, 1.807) is 0 Å². The van der Waals surface area contributed by atoms with Crippen LogP contribution < -0.4 is 0 Å². The van der Waals surface area contributed by atoms with Gasteiger partial charge in [0.25, 0.3) is 0 Å². The normalized spacial score (nSPS) is 10.5. The molecule has 0 saturated carbocycles. The number of hydrogen-bond acceptors (Lipinski definition) is 7. The van der Waals surface area contributed by atoms with Crippen LogP contribution in [0.2, 0.25) is 0 Å². The predicted molar refractivity (Wildman–Crippen MR) is 84.8 cm³/mol. The lowest BCUT2D eigenvalue weighted by Crippen LogP contribution is -2.17. The summed E-state index contributed by atoms with van der Waals surface area (Å²) >= 11 is 0. The number of carboxylic acids is 1. The number of ether oxygens (including phenoxy) is 4. The number of rotatable bonds is 17. The molecule has 0 unspecified atom stereocenters. The van der Waals surface area contributed by atoms with Crippen LogP contribution in [0.25, 0.3) is 0 Å². The van der Waals surface area contributed by atoms with Gasteiger partial charge in [-0.15, -0.1) is 0 Å². The average molecular weight is 348 g/mol. The number of esters is 1. The lowest BCUT2D eigenvalue weighted by molar-refractivity contribution is -0.151. The molecular weight excluding hydrogens is 320 g/mol. The van der Waals surface area contributed by atoms with Gasteiger partial charge in [0.2, 0.25) is 5.78 Å². The number of aliphatic carboxylic acids is 1. The van der Waals surface area contributed by atoms with E-state index in [2.05, 4.69) is 6.92 Å². The van der Waals surface area contributed by atoms with Crippen LogP contribution in [-0.4, -0.2) is 69.1 Å². The molecule has 8 heteroatoms. The summed E-state index contributed by atoms with van der Waals surface area (Å²) in [6.07, 6.45) is 2.82. The van der Waals surface area contributed by atoms with Crippen LogP contribution in [0.15, 0.2) is 0 Å². The fourth-order valence-electron chi connectivity index (χ4n) is 1.61. The second-order valence-electron chi connectivity index (χ2n) is 4.99. The van der Waals surface area contributed by atoms with E-state index in [9.17, 15) is 14.4 Å². The van der Waals surface area contributed by atoms with Crippen molar-refractivity contribution >= 4 is 17.7 Å². The highest BCUT2D eigenvalue weighted by Gasteiger charge is 2.13. The van der Waals surface area contributed by atoms with Crippen molar-refractivity contribution in [1.82, 2.24) is 0 Å². The number of carbonyl (C=O) groups is 3. The molecule has 24 heavy (non-hydrogen) atoms. The van der Waals surface area contributed by atoms with Crippen LogP contribution in [0.5, 0.6) is 0 Å². The topological polar surface area (TPSA) is 108 Å². The van der Waals surface area contributed by atoms with Crippen LogP contribution in [0, 0.1) is 0 Å². The number of Topliss-reactive ketones (excluding diaryl/α,β-unsaturated/α-hetero) is 1. The molecule has 0 radical (unpaired) electrons. The molecule has 140 valence electrons. The fourth-order valence-corrected chi connectivity index (χ4v) is 1.61. The highest BCUT2D eigenvalue weighted by atomic mass is 16.6. The molecule has 0 bridgehead atoms. The summed E-state index contributed by atoms with van der Waals surface area (Å²) in [5.41, 5.74) is 0. The van der Waals surface area contributed by atoms with Crippen LogP contribution in [0.3, 0.4) is 0 Å². The molecule has 0 aliphatic carbocycles. The molecule has 0 aromatic rings. The molecule has 0 aromatic heterocycles. The zero-order chi connectivity index (χ0) is 18.0. The van der Waals surface area contributed by atoms with Crippen LogP contribution >= 0.6 is 0 Å². The standard InChI is InChI=1S/C16H28O8/c1-2-3-4-7-21-8-9-22-10-11-23-12-13-24-15(18)6-5-14(17)16(19)20/h2-13H2,1H3,(H,19,20). The van der Waals surface area contributed by atoms with Gasteiger partial charge in [0.05, 0.1) is 39.5 Å². The van der Waals surface area contributed by atoms with Gasteiger partial charge in [-0.1, -0.05) is 19.8 Å². The Bertz CT molecular complexity index is 356. The van der Waals surface area contributed by atoms with Crippen molar-refractivity contribution in [2.24, 2.45) is 0 Å². The van der Waals surface area contributed by atoms with E-state index in [1.807, 2.05) is 0 Å². The largest absolute Gasteiger partial charge is 0.476 e. The van der Waals surface area contributed by atoms with Gasteiger partial charge in [0, 0.05) is 13.0 Å². The minimum atomic E-state index is -1.54. The van der Waals surface area contributed by atoms with Crippen LogP contribution in [0.1, 0.15) is 39.0 Å². The zero-order valence-electron chi connectivity index (χ0n) is 14.3. The number of hydrogen-bond donors (Lipinski definition) is 1. The Morgan fingerprint density at radius 3 is 1.83 bits per heavy atom. The molecule has 0 aliphatic heterocycles. The summed E-state index contributed by atoms with van der Waals surface area (Å²) in [6, 6.07) is 0. The van der Waals surface area contributed by atoms with E-state index in [1.165, 1.54) is 12.8 Å². The van der Waals surface area contributed by atoms with Gasteiger partial charge >= 0.3 is 11.9 Å². The Morgan fingerprint density at radius 1 is 0.750 bits per heavy atom. The molecule has 0 fully saturated rings. The first-order valence-electron chi connectivity index (χ1n) is 8.23. The second-order valence-corrected chi connectivity index (χ2v) is 4.99. The zero-order valence-corrected chi connectivity index (χ0v) is 14.3. The first-order valence-corrected chi connectivity index (χ1v) is 8.23. The Kier molecular flexibility index (Phi) is 15.3. The first kappa shape index (κ1) is 22.5. The molecule has 1 N–H and O–H groups in total. The highest BCUT2D eigenvalue weighted by Crippen LogP contribution is 1.95. The van der Waals surface area contributed by atoms with Crippen molar-refractivity contribution in [1.29, 1.82) is 0 Å². The van der Waals surface area contributed by atoms with E-state index < -0.39 is 17.7 Å². The van der Waals surface area contributed by atoms with Gasteiger partial charge in [0.15, 0.2) is 0 Å². The molecule has 0 atom stereocenters. The number of ketones is 1. The molecule has 0 heterocycles. The third kappa shape index (κ3) is 15.4. The second kappa shape index (κ2) is 16.4. The maximum absolute atomic E-state index is 11.2. The van der Waals surface area contributed by atoms with Crippen molar-refractivity contribution in [2.45, 2.75) is 39.0 Å². The molecule has 0 amide bonds. The summed E-state index contributed by atoms with van der Waals surface area (Å²) < 4.78 is 20.7. The summed E-state index contributed by atoms with van der Waals surface area (Å²) in [7, 11) is 0. The van der Waals surface area contributed by atoms with Crippen molar-refractivity contribution in [3.63, 3.8) is 0 Å². The van der Waals surface area contributed by atoms with Gasteiger partial charge in [-0.2, -0.15) is 0 Å². The van der Waals surface area contributed by atoms with E-state index in [4.69, 9.17) is 24.1 Å². The minimum absolute atomic E-state index is 0.0562. The SMILES string of the molecule is CCCCCOCCOCCOCCOC(=O)CCC(=O)C(=O)O. The third-order valence-corrected chi connectivity index (χ3v) is 2.92. The maximum Gasteiger partial charge on any atom is 0.372 e. The van der Waals surface area contributed by atoms with E-state index in [0.717, 1.165) is 13.0 Å². The minimum Gasteiger partial charge on any atom is -0.476 e. The van der Waals surface area contributed by atoms with Gasteiger partial charge in [-0.05, 0) is 6.42 Å². The first-order chi connectivity index (χ1) is 11.6. The van der Waals surface area contributed by atoms with Crippen LogP contribution in [0.4, 0.5) is 0 Å². The van der Waals surface area contributed by atoms with Gasteiger partial charge in [-0.3, -0.25) is 9.59 Å². The lowest BCUT2D eigenvalue weighted by Gasteiger charge is -2.07. The van der Waals surface area contributed by atoms with Crippen molar-refractivity contribution in [3.05, 3.63) is 0 Å². The molecule has 0 spiro atoms. The third-order valence-electron chi connectivity index (χ3n) is 2.92. The summed E-state index contributed by atoms with van der Waals surface area (Å²) in [6.45, 7) is 5.07. The molecule has 0 aromatic carbocycles. The fraction of sp³-hybridized carbons (Fsp3) is 0.812. The molecule has 0 saturated heterocycles. The summed E-state index contributed by atoms with van der Waals surface area (Å²) in [4.78, 5) is 32.2. The van der Waals surface area contributed by atoms with E-state index in [-0.39, 0.29) is 26.1 Å². The van der Waals surface area contributed by atoms with Crippen molar-refractivity contribution < 1.29 is 38.4 Å². The van der Waals surface area contributed by atoms with E-state index in [0.29, 0.717) is 26.4 Å². The lowest BCUT2D eigenvalue weighted by atomic mass is 10.2. The van der Waals surface area contributed by atoms with Crippen molar-refractivity contribution in [2.75, 3.05) is 46.2 Å². The average Bonchev–Trinajstić information content (AvgIpc) is 2.56. The molecule has 0 aliphatic rings. The number of carbonyl (C=O) groups excluding carboxylic acids is 2. The van der Waals surface area contributed by atoms with Crippen molar-refractivity contribution in [3.8, 4) is 0 Å². The highest BCUT2D eigenvalue weighted by molar-refractivity contribution is 6.32. The van der Waals surface area contributed by atoms with Gasteiger partial charge in [0.1, 0.15) is 6.61 Å². The predicted octanol–water partition coefficient (Wildman–Crippen LogP) is 1.20. The number of carboxylic acid groups (broad SMARTS) is 1. The Hall–Kier alpha value is -1.51. The quantitative estimate of drug-likeness (QED) is 0.237. The number of unbranched alkanes of at least 4 members (excludes halogenated alkanes) is 2.